The lowest BCUT2D eigenvalue weighted by Crippen LogP contribution is -2.44. The number of hydrogen-bond acceptors (Lipinski definition) is 3. The summed E-state index contributed by atoms with van der Waals surface area (Å²) in [6.07, 6.45) is 8.10. The Balaban J connectivity index is 1.91. The lowest BCUT2D eigenvalue weighted by molar-refractivity contribution is 0.270. The molecule has 4 heteroatoms. The van der Waals surface area contributed by atoms with Crippen molar-refractivity contribution in [1.29, 1.82) is 0 Å². The number of fused-ring (bicyclic) bond motifs is 1. The molecule has 1 aromatic heterocycles. The maximum atomic E-state index is 5.34. The van der Waals surface area contributed by atoms with Gasteiger partial charge in [0, 0.05) is 25.6 Å². The molecule has 2 rings (SSSR count). The second-order valence-electron chi connectivity index (χ2n) is 4.14. The van der Waals surface area contributed by atoms with Gasteiger partial charge in [-0.05, 0) is 6.54 Å². The predicted molar refractivity (Wildman–Crippen MR) is 63.9 cm³/mol. The van der Waals surface area contributed by atoms with Gasteiger partial charge in [0.15, 0.2) is 0 Å². The van der Waals surface area contributed by atoms with Crippen molar-refractivity contribution in [3.63, 3.8) is 0 Å². The van der Waals surface area contributed by atoms with Gasteiger partial charge in [0.1, 0.15) is 0 Å². The second kappa shape index (κ2) is 5.15. The molecular weight excluding hydrogens is 200 g/mol. The molecule has 1 atom stereocenters. The van der Waals surface area contributed by atoms with Crippen LogP contribution < -0.4 is 5.32 Å². The number of terminal acetylenes is 1. The van der Waals surface area contributed by atoms with Crippen LogP contribution in [-0.4, -0.2) is 40.5 Å². The number of likely N-dealkylation sites (N-methyl/N-ethyl adjacent to an activating group) is 1. The van der Waals surface area contributed by atoms with Crippen LogP contribution in [0.5, 0.6) is 0 Å². The number of H-pyrrole nitrogens is 1. The number of hydrogen-bond donors (Lipinski definition) is 2. The second-order valence-corrected chi connectivity index (χ2v) is 4.14. The van der Waals surface area contributed by atoms with E-state index >= 15 is 0 Å². The molecule has 86 valence electrons. The van der Waals surface area contributed by atoms with Gasteiger partial charge in [-0.3, -0.25) is 4.90 Å². The Labute approximate surface area is 96.4 Å². The first-order chi connectivity index (χ1) is 7.83. The van der Waals surface area contributed by atoms with E-state index in [2.05, 4.69) is 33.0 Å². The quantitative estimate of drug-likeness (QED) is 0.718. The molecule has 16 heavy (non-hydrogen) atoms. The van der Waals surface area contributed by atoms with E-state index in [4.69, 9.17) is 6.42 Å². The largest absolute Gasteiger partial charge is 0.347 e. The Kier molecular flexibility index (Phi) is 3.60. The molecule has 0 bridgehead atoms. The van der Waals surface area contributed by atoms with Gasteiger partial charge in [0.05, 0.1) is 24.3 Å². The van der Waals surface area contributed by atoms with Gasteiger partial charge < -0.3 is 10.3 Å². The third-order valence-corrected chi connectivity index (χ3v) is 3.06. The summed E-state index contributed by atoms with van der Waals surface area (Å²) in [5.41, 5.74) is 2.41. The molecule has 0 spiro atoms. The normalized spacial score (nSPS) is 19.4. The Bertz CT molecular complexity index is 377. The van der Waals surface area contributed by atoms with Crippen LogP contribution in [0.1, 0.15) is 18.3 Å². The Hall–Kier alpha value is -1.31. The fourth-order valence-electron chi connectivity index (χ4n) is 2.11. The molecule has 2 heterocycles. The molecule has 1 unspecified atom stereocenters. The van der Waals surface area contributed by atoms with Crippen LogP contribution in [-0.2, 0) is 13.0 Å². The molecular formula is C12H18N4. The molecule has 0 saturated heterocycles. The number of imidazole rings is 1. The summed E-state index contributed by atoms with van der Waals surface area (Å²) in [5, 5.41) is 3.50. The molecule has 0 radical (unpaired) electrons. The van der Waals surface area contributed by atoms with Crippen LogP contribution in [0.15, 0.2) is 6.33 Å². The third-order valence-electron chi connectivity index (χ3n) is 3.06. The first-order valence-electron chi connectivity index (χ1n) is 5.73. The minimum Gasteiger partial charge on any atom is -0.347 e. The smallest absolute Gasteiger partial charge is 0.0925 e. The van der Waals surface area contributed by atoms with E-state index in [0.717, 1.165) is 32.6 Å². The SMILES string of the molecule is C#CCN(CC)CC1Cc2nc[nH]c2CN1. The van der Waals surface area contributed by atoms with Crippen molar-refractivity contribution in [3.8, 4) is 12.3 Å². The summed E-state index contributed by atoms with van der Waals surface area (Å²) in [7, 11) is 0. The number of aromatic amines is 1. The highest BCUT2D eigenvalue weighted by molar-refractivity contribution is 5.16. The van der Waals surface area contributed by atoms with Crippen molar-refractivity contribution in [1.82, 2.24) is 20.2 Å². The lowest BCUT2D eigenvalue weighted by atomic mass is 10.1. The minimum atomic E-state index is 0.462. The number of nitrogens with zero attached hydrogens (tertiary/aromatic N) is 2. The average molecular weight is 218 g/mol. The van der Waals surface area contributed by atoms with Crippen molar-refractivity contribution in [2.75, 3.05) is 19.6 Å². The molecule has 0 amide bonds. The Morgan fingerprint density at radius 3 is 3.31 bits per heavy atom. The fourth-order valence-corrected chi connectivity index (χ4v) is 2.11. The molecule has 1 aliphatic rings. The molecule has 0 aromatic carbocycles. The van der Waals surface area contributed by atoms with Gasteiger partial charge in [-0.15, -0.1) is 6.42 Å². The Morgan fingerprint density at radius 2 is 2.56 bits per heavy atom. The highest BCUT2D eigenvalue weighted by Crippen LogP contribution is 2.12. The zero-order valence-electron chi connectivity index (χ0n) is 9.66. The van der Waals surface area contributed by atoms with Crippen molar-refractivity contribution in [3.05, 3.63) is 17.7 Å². The standard InChI is InChI=1S/C12H18N4/c1-3-5-16(4-2)8-10-6-11-12(7-13-10)15-9-14-11/h1,9-10,13H,4-8H2,2H3,(H,14,15). The first-order valence-corrected chi connectivity index (χ1v) is 5.73. The van der Waals surface area contributed by atoms with Crippen LogP contribution >= 0.6 is 0 Å². The summed E-state index contributed by atoms with van der Waals surface area (Å²) in [6.45, 7) is 5.73. The first kappa shape index (κ1) is 11.2. The molecule has 4 nitrogen and oxygen atoms in total. The maximum absolute atomic E-state index is 5.34. The maximum Gasteiger partial charge on any atom is 0.0925 e. The van der Waals surface area contributed by atoms with Gasteiger partial charge >= 0.3 is 0 Å². The number of aromatic nitrogens is 2. The highest BCUT2D eigenvalue weighted by atomic mass is 15.1. The van der Waals surface area contributed by atoms with E-state index in [0.29, 0.717) is 6.04 Å². The topological polar surface area (TPSA) is 44.0 Å². The molecule has 1 aromatic rings. The van der Waals surface area contributed by atoms with Gasteiger partial charge in [-0.25, -0.2) is 4.98 Å². The van der Waals surface area contributed by atoms with Crippen molar-refractivity contribution >= 4 is 0 Å². The number of nitrogens with one attached hydrogen (secondary N) is 2. The van der Waals surface area contributed by atoms with Gasteiger partial charge in [-0.1, -0.05) is 12.8 Å². The van der Waals surface area contributed by atoms with E-state index in [9.17, 15) is 0 Å². The van der Waals surface area contributed by atoms with Crippen LogP contribution in [0.3, 0.4) is 0 Å². The predicted octanol–water partition coefficient (Wildman–Crippen LogP) is 0.379. The Morgan fingerprint density at radius 1 is 1.69 bits per heavy atom. The third kappa shape index (κ3) is 2.43. The lowest BCUT2D eigenvalue weighted by Gasteiger charge is -2.28. The van der Waals surface area contributed by atoms with E-state index in [-0.39, 0.29) is 0 Å². The molecule has 0 fully saturated rings. The molecule has 0 aliphatic carbocycles. The molecule has 1 aliphatic heterocycles. The molecule has 0 saturated carbocycles. The molecule has 2 N–H and O–H groups in total. The summed E-state index contributed by atoms with van der Waals surface area (Å²) in [6, 6.07) is 0.462. The number of rotatable bonds is 4. The average Bonchev–Trinajstić information content (AvgIpc) is 2.75. The minimum absolute atomic E-state index is 0.462. The van der Waals surface area contributed by atoms with Crippen LogP contribution in [0.2, 0.25) is 0 Å². The van der Waals surface area contributed by atoms with Gasteiger partial charge in [0.25, 0.3) is 0 Å². The van der Waals surface area contributed by atoms with Crippen LogP contribution in [0, 0.1) is 12.3 Å². The van der Waals surface area contributed by atoms with Crippen LogP contribution in [0.25, 0.3) is 0 Å². The van der Waals surface area contributed by atoms with Crippen molar-refractivity contribution in [2.45, 2.75) is 25.9 Å². The van der Waals surface area contributed by atoms with Crippen LogP contribution in [0.4, 0.5) is 0 Å². The summed E-state index contributed by atoms with van der Waals surface area (Å²) in [4.78, 5) is 9.76. The fraction of sp³-hybridized carbons (Fsp3) is 0.583. The van der Waals surface area contributed by atoms with Crippen molar-refractivity contribution in [2.24, 2.45) is 0 Å². The zero-order valence-corrected chi connectivity index (χ0v) is 9.66. The zero-order chi connectivity index (χ0) is 11.4. The van der Waals surface area contributed by atoms with E-state index in [1.807, 2.05) is 0 Å². The van der Waals surface area contributed by atoms with E-state index in [1.54, 1.807) is 6.33 Å². The van der Waals surface area contributed by atoms with Gasteiger partial charge in [0.2, 0.25) is 0 Å². The van der Waals surface area contributed by atoms with E-state index < -0.39 is 0 Å². The highest BCUT2D eigenvalue weighted by Gasteiger charge is 2.21. The van der Waals surface area contributed by atoms with E-state index in [1.165, 1.54) is 11.4 Å². The summed E-state index contributed by atoms with van der Waals surface area (Å²) >= 11 is 0. The summed E-state index contributed by atoms with van der Waals surface area (Å²) in [5.74, 6) is 2.70. The monoisotopic (exact) mass is 218 g/mol. The van der Waals surface area contributed by atoms with Crippen molar-refractivity contribution < 1.29 is 0 Å². The summed E-state index contributed by atoms with van der Waals surface area (Å²) < 4.78 is 0. The van der Waals surface area contributed by atoms with Gasteiger partial charge in [-0.2, -0.15) is 0 Å².